The molecular formula is C14H27NaO5S. The van der Waals surface area contributed by atoms with Crippen LogP contribution in [0.2, 0.25) is 0 Å². The third-order valence-corrected chi connectivity index (χ3v) is 4.56. The smallest absolute Gasteiger partial charge is 0.747 e. The van der Waals surface area contributed by atoms with E-state index in [9.17, 15) is 17.8 Å². The summed E-state index contributed by atoms with van der Waals surface area (Å²) in [5, 5.41) is -1.55. The van der Waals surface area contributed by atoms with E-state index in [1.54, 1.807) is 0 Å². The van der Waals surface area contributed by atoms with Gasteiger partial charge in [0.15, 0.2) is 0 Å². The second kappa shape index (κ2) is 12.9. The summed E-state index contributed by atoms with van der Waals surface area (Å²) in [5.74, 6) is -0.650. The van der Waals surface area contributed by atoms with Crippen molar-refractivity contribution in [3.63, 3.8) is 0 Å². The zero-order chi connectivity index (χ0) is 15.6. The molecule has 0 aromatic carbocycles. The Bertz CT molecular complexity index is 370. The molecule has 0 heterocycles. The van der Waals surface area contributed by atoms with Crippen molar-refractivity contribution in [1.29, 1.82) is 0 Å². The minimum atomic E-state index is -4.63. The zero-order valence-corrected chi connectivity index (χ0v) is 16.6. The summed E-state index contributed by atoms with van der Waals surface area (Å²) >= 11 is 0. The van der Waals surface area contributed by atoms with Crippen LogP contribution < -0.4 is 29.6 Å². The number of carbonyl (C=O) groups excluding carboxylic acids is 1. The van der Waals surface area contributed by atoms with Crippen LogP contribution in [0.25, 0.3) is 0 Å². The SMILES string of the molecule is CCCCC(CC)COC(=O)C(CCCC)S(=O)(=O)[O-].[Na+]. The Morgan fingerprint density at radius 2 is 1.62 bits per heavy atom. The van der Waals surface area contributed by atoms with Gasteiger partial charge in [0.05, 0.1) is 6.61 Å². The summed E-state index contributed by atoms with van der Waals surface area (Å²) in [4.78, 5) is 11.8. The summed E-state index contributed by atoms with van der Waals surface area (Å²) in [6, 6.07) is 0. The fourth-order valence-corrected chi connectivity index (χ4v) is 2.72. The number of hydrogen-bond acceptors (Lipinski definition) is 5. The molecule has 0 aromatic rings. The predicted octanol–water partition coefficient (Wildman–Crippen LogP) is -0.146. The first kappa shape index (κ1) is 23.6. The van der Waals surface area contributed by atoms with Crippen LogP contribution in [-0.4, -0.2) is 30.8 Å². The number of esters is 1. The Hall–Kier alpha value is 0.380. The molecule has 0 amide bonds. The third-order valence-electron chi connectivity index (χ3n) is 3.44. The van der Waals surface area contributed by atoms with Gasteiger partial charge in [0.1, 0.15) is 15.4 Å². The van der Waals surface area contributed by atoms with Gasteiger partial charge in [-0.25, -0.2) is 8.42 Å². The molecule has 0 saturated carbocycles. The van der Waals surface area contributed by atoms with E-state index in [1.165, 1.54) is 0 Å². The van der Waals surface area contributed by atoms with Gasteiger partial charge in [-0.1, -0.05) is 52.9 Å². The Balaban J connectivity index is 0. The van der Waals surface area contributed by atoms with Crippen molar-refractivity contribution in [2.45, 2.75) is 71.0 Å². The second-order valence-electron chi connectivity index (χ2n) is 5.17. The van der Waals surface area contributed by atoms with E-state index in [0.29, 0.717) is 6.42 Å². The molecule has 0 rings (SSSR count). The van der Waals surface area contributed by atoms with E-state index in [-0.39, 0.29) is 48.5 Å². The van der Waals surface area contributed by atoms with E-state index >= 15 is 0 Å². The van der Waals surface area contributed by atoms with Crippen LogP contribution in [0.15, 0.2) is 0 Å². The minimum absolute atomic E-state index is 0. The number of ether oxygens (including phenoxy) is 1. The quantitative estimate of drug-likeness (QED) is 0.299. The molecule has 0 radical (unpaired) electrons. The van der Waals surface area contributed by atoms with Gasteiger partial charge in [-0.3, -0.25) is 4.79 Å². The van der Waals surface area contributed by atoms with Gasteiger partial charge in [-0.2, -0.15) is 0 Å². The number of hydrogen-bond donors (Lipinski definition) is 0. The Morgan fingerprint density at radius 3 is 2.05 bits per heavy atom. The monoisotopic (exact) mass is 330 g/mol. The predicted molar refractivity (Wildman–Crippen MR) is 77.3 cm³/mol. The standard InChI is InChI=1S/C14H28O5S.Na/c1-4-7-9-12(6-3)11-19-14(15)13(10-8-5-2)20(16,17)18;/h12-13H,4-11H2,1-3H3,(H,16,17,18);/q;+1/p-1. The third kappa shape index (κ3) is 10.7. The molecule has 0 spiro atoms. The summed E-state index contributed by atoms with van der Waals surface area (Å²) < 4.78 is 38.4. The molecule has 0 bridgehead atoms. The molecule has 0 aliphatic carbocycles. The molecule has 0 aromatic heterocycles. The summed E-state index contributed by atoms with van der Waals surface area (Å²) in [6.07, 6.45) is 5.24. The normalized spacial score (nSPS) is 14.1. The average molecular weight is 330 g/mol. The van der Waals surface area contributed by atoms with Crippen molar-refractivity contribution >= 4 is 16.1 Å². The minimum Gasteiger partial charge on any atom is -0.747 e. The van der Waals surface area contributed by atoms with Crippen LogP contribution in [0.3, 0.4) is 0 Å². The molecule has 0 aliphatic heterocycles. The molecule has 120 valence electrons. The second-order valence-corrected chi connectivity index (χ2v) is 6.72. The summed E-state index contributed by atoms with van der Waals surface area (Å²) in [5.41, 5.74) is 0. The molecule has 0 fully saturated rings. The van der Waals surface area contributed by atoms with Gasteiger partial charge in [-0.15, -0.1) is 0 Å². The maximum absolute atomic E-state index is 11.8. The van der Waals surface area contributed by atoms with Gasteiger partial charge < -0.3 is 9.29 Å². The molecule has 7 heteroatoms. The Kier molecular flexibility index (Phi) is 14.5. The molecule has 2 unspecified atom stereocenters. The van der Waals surface area contributed by atoms with Crippen molar-refractivity contribution in [2.75, 3.05) is 6.61 Å². The van der Waals surface area contributed by atoms with Gasteiger partial charge in [0.2, 0.25) is 0 Å². The molecule has 2 atom stereocenters. The summed E-state index contributed by atoms with van der Waals surface area (Å²) in [6.45, 7) is 6.17. The van der Waals surface area contributed by atoms with Gasteiger partial charge >= 0.3 is 35.5 Å². The van der Waals surface area contributed by atoms with Crippen LogP contribution in [0.4, 0.5) is 0 Å². The number of unbranched alkanes of at least 4 members (excludes halogenated alkanes) is 2. The van der Waals surface area contributed by atoms with Crippen molar-refractivity contribution in [1.82, 2.24) is 0 Å². The summed E-state index contributed by atoms with van der Waals surface area (Å²) in [7, 11) is -4.63. The van der Waals surface area contributed by atoms with E-state index in [4.69, 9.17) is 4.74 Å². The molecule has 0 saturated heterocycles. The van der Waals surface area contributed by atoms with E-state index in [0.717, 1.165) is 32.1 Å². The van der Waals surface area contributed by atoms with Crippen LogP contribution in [-0.2, 0) is 19.6 Å². The van der Waals surface area contributed by atoms with E-state index in [1.807, 2.05) is 13.8 Å². The van der Waals surface area contributed by atoms with Crippen LogP contribution >= 0.6 is 0 Å². The van der Waals surface area contributed by atoms with Crippen LogP contribution in [0, 0.1) is 5.92 Å². The van der Waals surface area contributed by atoms with E-state index < -0.39 is 21.3 Å². The first-order valence-electron chi connectivity index (χ1n) is 7.48. The first-order chi connectivity index (χ1) is 9.36. The fraction of sp³-hybridized carbons (Fsp3) is 0.929. The molecule has 0 aliphatic rings. The van der Waals surface area contributed by atoms with Gasteiger partial charge in [0, 0.05) is 0 Å². The van der Waals surface area contributed by atoms with Crippen molar-refractivity contribution in [3.8, 4) is 0 Å². The van der Waals surface area contributed by atoms with Gasteiger partial charge in [-0.05, 0) is 18.8 Å². The molecule has 21 heavy (non-hydrogen) atoms. The zero-order valence-electron chi connectivity index (χ0n) is 13.8. The average Bonchev–Trinajstić information content (AvgIpc) is 2.38. The van der Waals surface area contributed by atoms with Crippen molar-refractivity contribution in [2.24, 2.45) is 5.92 Å². The molecule has 5 nitrogen and oxygen atoms in total. The Labute approximate surface area is 151 Å². The van der Waals surface area contributed by atoms with E-state index in [2.05, 4.69) is 6.92 Å². The first-order valence-corrected chi connectivity index (χ1v) is 8.95. The topological polar surface area (TPSA) is 83.5 Å². The Morgan fingerprint density at radius 1 is 1.10 bits per heavy atom. The van der Waals surface area contributed by atoms with Crippen molar-refractivity contribution in [3.05, 3.63) is 0 Å². The maximum atomic E-state index is 11.8. The van der Waals surface area contributed by atoms with Crippen LogP contribution in [0.5, 0.6) is 0 Å². The number of rotatable bonds is 11. The molecule has 0 N–H and O–H groups in total. The fourth-order valence-electron chi connectivity index (χ4n) is 1.96. The number of carbonyl (C=O) groups is 1. The largest absolute Gasteiger partial charge is 1.00 e. The molecular weight excluding hydrogens is 303 g/mol. The van der Waals surface area contributed by atoms with Crippen LogP contribution in [0.1, 0.15) is 65.7 Å². The van der Waals surface area contributed by atoms with Gasteiger partial charge in [0.25, 0.3) is 0 Å². The maximum Gasteiger partial charge on any atom is 1.00 e. The van der Waals surface area contributed by atoms with Crippen molar-refractivity contribution < 1.29 is 52.1 Å².